The van der Waals surface area contributed by atoms with Gasteiger partial charge in [-0.05, 0) is 40.7 Å². The van der Waals surface area contributed by atoms with Crippen LogP contribution in [-0.4, -0.2) is 62.4 Å². The number of methoxy groups -OCH3 is 1. The van der Waals surface area contributed by atoms with Gasteiger partial charge in [-0.15, -0.1) is 0 Å². The lowest BCUT2D eigenvalue weighted by atomic mass is 10.0. The van der Waals surface area contributed by atoms with E-state index in [4.69, 9.17) is 9.47 Å². The summed E-state index contributed by atoms with van der Waals surface area (Å²) in [6.07, 6.45) is 0.981. The molecule has 0 rings (SSSR count). The molecule has 5 nitrogen and oxygen atoms in total. The molecule has 0 radical (unpaired) electrons. The standard InChI is InChI=1S/C15H32N2O3/c1-7-9-16-15(5,14(18)20-8-2)12-17(13(3)4)10-11-19-6/h13,16H,7-12H2,1-6H3. The van der Waals surface area contributed by atoms with Crippen molar-refractivity contribution in [2.24, 2.45) is 0 Å². The Bertz CT molecular complexity index is 272. The van der Waals surface area contributed by atoms with E-state index < -0.39 is 5.54 Å². The minimum atomic E-state index is -0.677. The molecular formula is C15H32N2O3. The van der Waals surface area contributed by atoms with E-state index in [9.17, 15) is 4.79 Å². The molecule has 0 amide bonds. The third kappa shape index (κ3) is 6.68. The Balaban J connectivity index is 4.85. The number of rotatable bonds is 11. The molecule has 0 aliphatic rings. The molecule has 0 aliphatic carbocycles. The van der Waals surface area contributed by atoms with Gasteiger partial charge in [0.2, 0.25) is 0 Å². The van der Waals surface area contributed by atoms with Crippen LogP contribution in [0.5, 0.6) is 0 Å². The predicted molar refractivity (Wildman–Crippen MR) is 81.9 cm³/mol. The van der Waals surface area contributed by atoms with Crippen LogP contribution in [0.3, 0.4) is 0 Å². The van der Waals surface area contributed by atoms with Gasteiger partial charge in [-0.2, -0.15) is 0 Å². The van der Waals surface area contributed by atoms with Crippen LogP contribution in [0.4, 0.5) is 0 Å². The van der Waals surface area contributed by atoms with Gasteiger partial charge < -0.3 is 14.8 Å². The van der Waals surface area contributed by atoms with E-state index >= 15 is 0 Å². The molecule has 1 unspecified atom stereocenters. The van der Waals surface area contributed by atoms with Gasteiger partial charge in [-0.3, -0.25) is 9.69 Å². The Morgan fingerprint density at radius 1 is 1.35 bits per heavy atom. The number of carbonyl (C=O) groups is 1. The first-order chi connectivity index (χ1) is 9.41. The lowest BCUT2D eigenvalue weighted by Crippen LogP contribution is -2.59. The minimum Gasteiger partial charge on any atom is -0.465 e. The Kier molecular flexibility index (Phi) is 9.80. The fourth-order valence-electron chi connectivity index (χ4n) is 2.02. The molecule has 0 aromatic carbocycles. The largest absolute Gasteiger partial charge is 0.465 e. The van der Waals surface area contributed by atoms with E-state index in [1.165, 1.54) is 0 Å². The van der Waals surface area contributed by atoms with Crippen molar-refractivity contribution in [1.29, 1.82) is 0 Å². The molecule has 5 heteroatoms. The maximum absolute atomic E-state index is 12.3. The lowest BCUT2D eigenvalue weighted by Gasteiger charge is -2.36. The van der Waals surface area contributed by atoms with Crippen LogP contribution in [0.1, 0.15) is 41.0 Å². The van der Waals surface area contributed by atoms with Gasteiger partial charge in [0.05, 0.1) is 13.2 Å². The number of hydrogen-bond donors (Lipinski definition) is 1. The third-order valence-corrected chi connectivity index (χ3v) is 3.32. The van der Waals surface area contributed by atoms with Crippen molar-refractivity contribution in [1.82, 2.24) is 10.2 Å². The number of nitrogens with zero attached hydrogens (tertiary/aromatic N) is 1. The Morgan fingerprint density at radius 3 is 2.45 bits per heavy atom. The number of hydrogen-bond acceptors (Lipinski definition) is 5. The van der Waals surface area contributed by atoms with Crippen molar-refractivity contribution in [3.05, 3.63) is 0 Å². The average molecular weight is 288 g/mol. The normalized spacial score (nSPS) is 14.6. The van der Waals surface area contributed by atoms with Crippen LogP contribution in [0.25, 0.3) is 0 Å². The maximum Gasteiger partial charge on any atom is 0.327 e. The van der Waals surface area contributed by atoms with Crippen LogP contribution in [0.15, 0.2) is 0 Å². The van der Waals surface area contributed by atoms with Crippen molar-refractivity contribution in [2.75, 3.05) is 40.0 Å². The smallest absolute Gasteiger partial charge is 0.327 e. The summed E-state index contributed by atoms with van der Waals surface area (Å²) in [6, 6.07) is 0.349. The van der Waals surface area contributed by atoms with Gasteiger partial charge in [0.1, 0.15) is 5.54 Å². The molecule has 0 fully saturated rings. The highest BCUT2D eigenvalue weighted by Gasteiger charge is 2.36. The number of nitrogens with one attached hydrogen (secondary N) is 1. The summed E-state index contributed by atoms with van der Waals surface area (Å²) in [4.78, 5) is 14.5. The maximum atomic E-state index is 12.3. The molecule has 0 aliphatic heterocycles. The van der Waals surface area contributed by atoms with E-state index in [2.05, 4.69) is 31.0 Å². The molecule has 0 spiro atoms. The van der Waals surface area contributed by atoms with Crippen molar-refractivity contribution in [3.63, 3.8) is 0 Å². The summed E-state index contributed by atoms with van der Waals surface area (Å²) in [5.74, 6) is -0.184. The molecule has 0 aromatic rings. The van der Waals surface area contributed by atoms with Gasteiger partial charge >= 0.3 is 5.97 Å². The number of esters is 1. The Morgan fingerprint density at radius 2 is 2.00 bits per heavy atom. The summed E-state index contributed by atoms with van der Waals surface area (Å²) in [5.41, 5.74) is -0.677. The molecule has 0 saturated carbocycles. The molecule has 0 bridgehead atoms. The fraction of sp³-hybridized carbons (Fsp3) is 0.933. The van der Waals surface area contributed by atoms with E-state index in [0.717, 1.165) is 19.5 Å². The van der Waals surface area contributed by atoms with Crippen LogP contribution in [0.2, 0.25) is 0 Å². The van der Waals surface area contributed by atoms with Crippen LogP contribution in [-0.2, 0) is 14.3 Å². The van der Waals surface area contributed by atoms with Crippen LogP contribution in [0, 0.1) is 0 Å². The molecule has 1 atom stereocenters. The van der Waals surface area contributed by atoms with Gasteiger partial charge in [0.15, 0.2) is 0 Å². The highest BCUT2D eigenvalue weighted by molar-refractivity contribution is 5.80. The summed E-state index contributed by atoms with van der Waals surface area (Å²) in [7, 11) is 1.69. The second kappa shape index (κ2) is 10.1. The van der Waals surface area contributed by atoms with Gasteiger partial charge in [0, 0.05) is 26.2 Å². The highest BCUT2D eigenvalue weighted by atomic mass is 16.5. The van der Waals surface area contributed by atoms with Crippen molar-refractivity contribution in [3.8, 4) is 0 Å². The first kappa shape index (κ1) is 19.4. The zero-order valence-electron chi connectivity index (χ0n) is 14.0. The second-order valence-corrected chi connectivity index (χ2v) is 5.54. The Hall–Kier alpha value is -0.650. The third-order valence-electron chi connectivity index (χ3n) is 3.32. The van der Waals surface area contributed by atoms with Crippen molar-refractivity contribution < 1.29 is 14.3 Å². The zero-order valence-corrected chi connectivity index (χ0v) is 14.0. The summed E-state index contributed by atoms with van der Waals surface area (Å²) in [6.45, 7) is 13.4. The number of ether oxygens (including phenoxy) is 2. The zero-order chi connectivity index (χ0) is 15.6. The van der Waals surface area contributed by atoms with Gasteiger partial charge in [-0.25, -0.2) is 0 Å². The van der Waals surface area contributed by atoms with Crippen LogP contribution < -0.4 is 5.32 Å². The molecule has 20 heavy (non-hydrogen) atoms. The van der Waals surface area contributed by atoms with E-state index in [0.29, 0.717) is 25.8 Å². The topological polar surface area (TPSA) is 50.8 Å². The van der Waals surface area contributed by atoms with Crippen LogP contribution >= 0.6 is 0 Å². The first-order valence-corrected chi connectivity index (χ1v) is 7.56. The van der Waals surface area contributed by atoms with Gasteiger partial charge in [-0.1, -0.05) is 6.92 Å². The molecule has 0 heterocycles. The predicted octanol–water partition coefficient (Wildman–Crippen LogP) is 1.66. The Labute approximate surface area is 124 Å². The molecule has 0 saturated heterocycles. The summed E-state index contributed by atoms with van der Waals surface area (Å²) >= 11 is 0. The van der Waals surface area contributed by atoms with E-state index in [1.54, 1.807) is 7.11 Å². The SMILES string of the molecule is CCCNC(C)(CN(CCOC)C(C)C)C(=O)OCC. The van der Waals surface area contributed by atoms with E-state index in [1.807, 2.05) is 13.8 Å². The molecule has 1 N–H and O–H groups in total. The molecule has 0 aromatic heterocycles. The monoisotopic (exact) mass is 288 g/mol. The van der Waals surface area contributed by atoms with Crippen molar-refractivity contribution in [2.45, 2.75) is 52.6 Å². The minimum absolute atomic E-state index is 0.184. The van der Waals surface area contributed by atoms with E-state index in [-0.39, 0.29) is 5.97 Å². The quantitative estimate of drug-likeness (QED) is 0.586. The summed E-state index contributed by atoms with van der Waals surface area (Å²) < 4.78 is 10.4. The highest BCUT2D eigenvalue weighted by Crippen LogP contribution is 2.12. The number of carbonyl (C=O) groups excluding carboxylic acids is 1. The second-order valence-electron chi connectivity index (χ2n) is 5.54. The van der Waals surface area contributed by atoms with Crippen molar-refractivity contribution >= 4 is 5.97 Å². The fourth-order valence-corrected chi connectivity index (χ4v) is 2.02. The molecular weight excluding hydrogens is 256 g/mol. The first-order valence-electron chi connectivity index (χ1n) is 7.56. The average Bonchev–Trinajstić information content (AvgIpc) is 2.41. The summed E-state index contributed by atoms with van der Waals surface area (Å²) in [5, 5.41) is 3.34. The lowest BCUT2D eigenvalue weighted by molar-refractivity contribution is -0.151. The molecule has 120 valence electrons. The van der Waals surface area contributed by atoms with Gasteiger partial charge in [0.25, 0.3) is 0 Å².